The van der Waals surface area contributed by atoms with Crippen molar-refractivity contribution in [3.63, 3.8) is 0 Å². The topological polar surface area (TPSA) is 68.3 Å². The highest BCUT2D eigenvalue weighted by Gasteiger charge is 2.11. The normalized spacial score (nSPS) is 12.3. The smallest absolute Gasteiger partial charge is 0.207 e. The molecule has 0 aliphatic rings. The predicted octanol–water partition coefficient (Wildman–Crippen LogP) is 3.69. The molecule has 0 aliphatic heterocycles. The van der Waals surface area contributed by atoms with Crippen molar-refractivity contribution >= 4 is 51.2 Å². The Bertz CT molecular complexity index is 769. The minimum atomic E-state index is -3.73. The first-order valence-electron chi connectivity index (χ1n) is 5.43. The van der Waals surface area contributed by atoms with Crippen molar-refractivity contribution in [2.24, 2.45) is 0 Å². The minimum Gasteiger partial charge on any atom is -0.207 e. The highest BCUT2D eigenvalue weighted by molar-refractivity contribution is 8.14. The molecule has 0 amide bonds. The first-order chi connectivity index (χ1) is 9.66. The van der Waals surface area contributed by atoms with Crippen LogP contribution in [0.2, 0.25) is 0 Å². The van der Waals surface area contributed by atoms with Crippen LogP contribution in [-0.4, -0.2) is 16.8 Å². The van der Waals surface area contributed by atoms with E-state index in [0.717, 1.165) is 9.79 Å². The summed E-state index contributed by atoms with van der Waals surface area (Å²) in [6.45, 7) is 0. The lowest BCUT2D eigenvalue weighted by atomic mass is 10.4. The van der Waals surface area contributed by atoms with Gasteiger partial charge in [-0.05, 0) is 48.5 Å². The molecule has 2 aromatic rings. The van der Waals surface area contributed by atoms with Gasteiger partial charge < -0.3 is 0 Å². The Hall–Kier alpha value is -0.730. The summed E-state index contributed by atoms with van der Waals surface area (Å²) in [5.41, 5.74) is 0. The molecule has 4 nitrogen and oxygen atoms in total. The highest BCUT2D eigenvalue weighted by Crippen LogP contribution is 2.30. The zero-order valence-corrected chi connectivity index (χ0v) is 14.2. The molecule has 0 N–H and O–H groups in total. The molecule has 0 aromatic heterocycles. The fraction of sp³-hybridized carbons (Fsp3) is 0. The summed E-state index contributed by atoms with van der Waals surface area (Å²) >= 11 is 1.35. The van der Waals surface area contributed by atoms with Gasteiger partial charge in [-0.1, -0.05) is 11.8 Å². The van der Waals surface area contributed by atoms with Crippen molar-refractivity contribution in [3.05, 3.63) is 48.5 Å². The Morgan fingerprint density at radius 3 is 1.14 bits per heavy atom. The van der Waals surface area contributed by atoms with Crippen LogP contribution >= 0.6 is 33.1 Å². The molecule has 112 valence electrons. The SMILES string of the molecule is O=S(=O)(Cl)c1ccc(Sc2ccc(S(=O)(=O)Cl)cc2)cc1. The molecule has 2 aromatic carbocycles. The predicted molar refractivity (Wildman–Crippen MR) is 83.1 cm³/mol. The summed E-state index contributed by atoms with van der Waals surface area (Å²) in [7, 11) is 2.99. The maximum absolute atomic E-state index is 11.1. The van der Waals surface area contributed by atoms with Gasteiger partial charge in [0.1, 0.15) is 0 Å². The Morgan fingerprint density at radius 1 is 0.619 bits per heavy atom. The van der Waals surface area contributed by atoms with Gasteiger partial charge in [0.25, 0.3) is 18.1 Å². The van der Waals surface area contributed by atoms with Crippen molar-refractivity contribution < 1.29 is 16.8 Å². The van der Waals surface area contributed by atoms with E-state index in [1.807, 2.05) is 0 Å². The second-order valence-corrected chi connectivity index (χ2v) is 10.2. The van der Waals surface area contributed by atoms with E-state index in [9.17, 15) is 16.8 Å². The number of hydrogen-bond donors (Lipinski definition) is 0. The molecule has 21 heavy (non-hydrogen) atoms. The van der Waals surface area contributed by atoms with Gasteiger partial charge in [-0.25, -0.2) is 16.8 Å². The third-order valence-corrected chi connectivity index (χ3v) is 6.20. The Morgan fingerprint density at radius 2 is 0.905 bits per heavy atom. The van der Waals surface area contributed by atoms with Gasteiger partial charge >= 0.3 is 0 Å². The van der Waals surface area contributed by atoms with Crippen LogP contribution in [0.4, 0.5) is 0 Å². The molecule has 0 fully saturated rings. The van der Waals surface area contributed by atoms with Crippen LogP contribution in [0.3, 0.4) is 0 Å². The number of benzene rings is 2. The molecule has 0 saturated heterocycles. The van der Waals surface area contributed by atoms with Crippen LogP contribution in [0.5, 0.6) is 0 Å². The maximum Gasteiger partial charge on any atom is 0.261 e. The second kappa shape index (κ2) is 6.18. The van der Waals surface area contributed by atoms with Gasteiger partial charge in [0.15, 0.2) is 0 Å². The van der Waals surface area contributed by atoms with Gasteiger partial charge in [-0.15, -0.1) is 0 Å². The summed E-state index contributed by atoms with van der Waals surface area (Å²) in [5.74, 6) is 0. The fourth-order valence-electron chi connectivity index (χ4n) is 1.48. The molecule has 0 atom stereocenters. The minimum absolute atomic E-state index is 0.0251. The first-order valence-corrected chi connectivity index (χ1v) is 10.9. The summed E-state index contributed by atoms with van der Waals surface area (Å²) in [6, 6.07) is 12.1. The Balaban J connectivity index is 2.19. The lowest BCUT2D eigenvalue weighted by Crippen LogP contribution is -1.90. The van der Waals surface area contributed by atoms with Crippen molar-refractivity contribution in [2.45, 2.75) is 19.6 Å². The quantitative estimate of drug-likeness (QED) is 0.754. The van der Waals surface area contributed by atoms with Crippen LogP contribution in [0, 0.1) is 0 Å². The largest absolute Gasteiger partial charge is 0.261 e. The molecule has 0 aliphatic carbocycles. The van der Waals surface area contributed by atoms with E-state index >= 15 is 0 Å². The fourth-order valence-corrected chi connectivity index (χ4v) is 3.83. The third-order valence-electron chi connectivity index (χ3n) is 2.45. The monoisotopic (exact) mass is 382 g/mol. The first kappa shape index (κ1) is 16.6. The van der Waals surface area contributed by atoms with E-state index in [-0.39, 0.29) is 9.79 Å². The van der Waals surface area contributed by atoms with Gasteiger partial charge in [0, 0.05) is 31.2 Å². The Kier molecular flexibility index (Phi) is 4.89. The van der Waals surface area contributed by atoms with Gasteiger partial charge in [-0.2, -0.15) is 0 Å². The molecule has 0 radical (unpaired) electrons. The maximum atomic E-state index is 11.1. The number of hydrogen-bond acceptors (Lipinski definition) is 5. The zero-order chi connectivity index (χ0) is 15.7. The molecule has 0 unspecified atom stereocenters. The van der Waals surface area contributed by atoms with Crippen LogP contribution in [0.15, 0.2) is 68.1 Å². The van der Waals surface area contributed by atoms with Gasteiger partial charge in [0.2, 0.25) is 0 Å². The second-order valence-electron chi connectivity index (χ2n) is 3.92. The van der Waals surface area contributed by atoms with E-state index in [4.69, 9.17) is 21.4 Å². The summed E-state index contributed by atoms with van der Waals surface area (Å²) in [5, 5.41) is 0. The summed E-state index contributed by atoms with van der Waals surface area (Å²) in [6.07, 6.45) is 0. The summed E-state index contributed by atoms with van der Waals surface area (Å²) in [4.78, 5) is 1.63. The lowest BCUT2D eigenvalue weighted by molar-refractivity contribution is 0.608. The summed E-state index contributed by atoms with van der Waals surface area (Å²) < 4.78 is 44.5. The molecule has 2 rings (SSSR count). The van der Waals surface area contributed by atoms with Gasteiger partial charge in [0.05, 0.1) is 9.79 Å². The third kappa shape index (κ3) is 4.62. The standard InChI is InChI=1S/C12H8Cl2O4S3/c13-20(15,16)11-5-1-9(2-6-11)19-10-3-7-12(8-4-10)21(14,17)18/h1-8H. The molecular weight excluding hydrogens is 375 g/mol. The lowest BCUT2D eigenvalue weighted by Gasteiger charge is -2.03. The van der Waals surface area contributed by atoms with E-state index in [1.54, 1.807) is 24.3 Å². The molecule has 0 bridgehead atoms. The van der Waals surface area contributed by atoms with Crippen LogP contribution in [0.1, 0.15) is 0 Å². The van der Waals surface area contributed by atoms with Crippen molar-refractivity contribution in [1.82, 2.24) is 0 Å². The van der Waals surface area contributed by atoms with E-state index in [0.29, 0.717) is 0 Å². The Labute approximate surface area is 135 Å². The van der Waals surface area contributed by atoms with E-state index < -0.39 is 18.1 Å². The van der Waals surface area contributed by atoms with Crippen molar-refractivity contribution in [3.8, 4) is 0 Å². The highest BCUT2D eigenvalue weighted by atomic mass is 35.7. The molecule has 0 heterocycles. The molecule has 0 spiro atoms. The zero-order valence-electron chi connectivity index (χ0n) is 10.2. The van der Waals surface area contributed by atoms with Gasteiger partial charge in [-0.3, -0.25) is 0 Å². The number of halogens is 2. The van der Waals surface area contributed by atoms with Crippen molar-refractivity contribution in [2.75, 3.05) is 0 Å². The van der Waals surface area contributed by atoms with Crippen LogP contribution < -0.4 is 0 Å². The molecule has 0 saturated carbocycles. The molecular formula is C12H8Cl2O4S3. The van der Waals surface area contributed by atoms with E-state index in [1.165, 1.54) is 36.0 Å². The van der Waals surface area contributed by atoms with Crippen molar-refractivity contribution in [1.29, 1.82) is 0 Å². The van der Waals surface area contributed by atoms with Crippen LogP contribution in [-0.2, 0) is 18.1 Å². The van der Waals surface area contributed by atoms with Crippen LogP contribution in [0.25, 0.3) is 0 Å². The van der Waals surface area contributed by atoms with E-state index in [2.05, 4.69) is 0 Å². The molecule has 9 heteroatoms. The average molecular weight is 383 g/mol. The average Bonchev–Trinajstić information content (AvgIpc) is 2.38. The number of rotatable bonds is 4.